The van der Waals surface area contributed by atoms with Crippen molar-refractivity contribution in [2.24, 2.45) is 0 Å². The molecule has 0 fully saturated rings. The number of benzene rings is 1. The molecule has 24 heavy (non-hydrogen) atoms. The largest absolute Gasteiger partial charge is 0.424 e. The first-order valence-corrected chi connectivity index (χ1v) is 6.97. The molecule has 0 aliphatic heterocycles. The monoisotopic (exact) mass is 323 g/mol. The average Bonchev–Trinajstić information content (AvgIpc) is 3.09. The third kappa shape index (κ3) is 3.72. The van der Waals surface area contributed by atoms with Crippen LogP contribution in [0.3, 0.4) is 0 Å². The molecule has 0 amide bonds. The number of nitrogens with one attached hydrogen (secondary N) is 3. The van der Waals surface area contributed by atoms with Gasteiger partial charge < -0.3 is 10.1 Å². The molecule has 10 heteroatoms. The minimum Gasteiger partial charge on any atom is -0.424 e. The highest BCUT2D eigenvalue weighted by molar-refractivity contribution is 5.45. The number of anilines is 3. The van der Waals surface area contributed by atoms with Crippen LogP contribution in [0.15, 0.2) is 30.6 Å². The predicted molar refractivity (Wildman–Crippen MR) is 84.9 cm³/mol. The van der Waals surface area contributed by atoms with E-state index in [1.165, 1.54) is 6.33 Å². The lowest BCUT2D eigenvalue weighted by molar-refractivity contribution is 0.441. The van der Waals surface area contributed by atoms with Crippen LogP contribution in [-0.2, 0) is 6.42 Å². The summed E-state index contributed by atoms with van der Waals surface area (Å²) >= 11 is 0. The van der Waals surface area contributed by atoms with Gasteiger partial charge in [-0.25, -0.2) is 5.10 Å². The maximum Gasteiger partial charge on any atom is 0.328 e. The van der Waals surface area contributed by atoms with Crippen molar-refractivity contribution in [2.75, 3.05) is 17.7 Å². The summed E-state index contributed by atoms with van der Waals surface area (Å²) in [4.78, 5) is 16.4. The minimum atomic E-state index is 0.115. The van der Waals surface area contributed by atoms with E-state index in [0.717, 1.165) is 5.56 Å². The summed E-state index contributed by atoms with van der Waals surface area (Å²) in [5.41, 5.74) is 0.907. The van der Waals surface area contributed by atoms with Gasteiger partial charge in [-0.15, -0.1) is 0 Å². The van der Waals surface area contributed by atoms with Crippen molar-refractivity contribution < 1.29 is 4.74 Å². The van der Waals surface area contributed by atoms with Crippen LogP contribution in [0.2, 0.25) is 0 Å². The maximum atomic E-state index is 8.68. The van der Waals surface area contributed by atoms with Crippen LogP contribution >= 0.6 is 0 Å². The van der Waals surface area contributed by atoms with Gasteiger partial charge in [0.25, 0.3) is 0 Å². The number of hydrogen-bond acceptors (Lipinski definition) is 9. The van der Waals surface area contributed by atoms with E-state index in [2.05, 4.69) is 46.8 Å². The number of nitrogens with zero attached hydrogens (tertiary/aromatic N) is 6. The molecule has 2 aromatic heterocycles. The highest BCUT2D eigenvalue weighted by Crippen LogP contribution is 2.21. The lowest BCUT2D eigenvalue weighted by Gasteiger charge is -2.08. The SMILES string of the molecule is CNc1nc(Nc2ncn[nH]2)nc(Oc2ccc(CC#N)cc2)n1. The van der Waals surface area contributed by atoms with E-state index in [0.29, 0.717) is 24.1 Å². The molecule has 0 unspecified atom stereocenters. The van der Waals surface area contributed by atoms with Crippen LogP contribution in [0.1, 0.15) is 5.56 Å². The lowest BCUT2D eigenvalue weighted by Crippen LogP contribution is -2.06. The zero-order valence-electron chi connectivity index (χ0n) is 12.7. The van der Waals surface area contributed by atoms with Gasteiger partial charge in [0.15, 0.2) is 0 Å². The Morgan fingerprint density at radius 1 is 1.17 bits per heavy atom. The second kappa shape index (κ2) is 7.01. The second-order valence-corrected chi connectivity index (χ2v) is 4.56. The summed E-state index contributed by atoms with van der Waals surface area (Å²) in [6.07, 6.45) is 1.71. The van der Waals surface area contributed by atoms with Crippen molar-refractivity contribution >= 4 is 17.8 Å². The fourth-order valence-corrected chi connectivity index (χ4v) is 1.81. The first-order chi connectivity index (χ1) is 11.8. The van der Waals surface area contributed by atoms with E-state index in [-0.39, 0.29) is 12.0 Å². The normalized spacial score (nSPS) is 10.0. The van der Waals surface area contributed by atoms with Gasteiger partial charge in [0, 0.05) is 7.05 Å². The first-order valence-electron chi connectivity index (χ1n) is 6.97. The van der Waals surface area contributed by atoms with E-state index >= 15 is 0 Å². The highest BCUT2D eigenvalue weighted by Gasteiger charge is 2.09. The Morgan fingerprint density at radius 2 is 1.96 bits per heavy atom. The summed E-state index contributed by atoms with van der Waals surface area (Å²) in [7, 11) is 1.69. The molecule has 0 aliphatic carbocycles. The molecule has 0 spiro atoms. The highest BCUT2D eigenvalue weighted by atomic mass is 16.5. The van der Waals surface area contributed by atoms with Gasteiger partial charge >= 0.3 is 6.01 Å². The number of ether oxygens (including phenoxy) is 1. The van der Waals surface area contributed by atoms with Crippen molar-refractivity contribution in [1.29, 1.82) is 5.26 Å². The van der Waals surface area contributed by atoms with Crippen LogP contribution in [0.5, 0.6) is 11.8 Å². The molecule has 0 bridgehead atoms. The second-order valence-electron chi connectivity index (χ2n) is 4.56. The topological polar surface area (TPSA) is 137 Å². The molecule has 0 aliphatic rings. The summed E-state index contributed by atoms with van der Waals surface area (Å²) in [5.74, 6) is 1.54. The molecule has 10 nitrogen and oxygen atoms in total. The van der Waals surface area contributed by atoms with E-state index in [4.69, 9.17) is 10.00 Å². The summed E-state index contributed by atoms with van der Waals surface area (Å²) in [5, 5.41) is 20.8. The van der Waals surface area contributed by atoms with Crippen LogP contribution in [-0.4, -0.2) is 37.2 Å². The zero-order valence-corrected chi connectivity index (χ0v) is 12.7. The van der Waals surface area contributed by atoms with Gasteiger partial charge in [-0.3, -0.25) is 5.32 Å². The Morgan fingerprint density at radius 3 is 2.62 bits per heavy atom. The fourth-order valence-electron chi connectivity index (χ4n) is 1.81. The number of nitriles is 1. The Bertz CT molecular complexity index is 840. The van der Waals surface area contributed by atoms with Gasteiger partial charge in [-0.1, -0.05) is 12.1 Å². The fraction of sp³-hybridized carbons (Fsp3) is 0.143. The summed E-state index contributed by atoms with van der Waals surface area (Å²) in [6, 6.07) is 9.33. The van der Waals surface area contributed by atoms with Crippen molar-refractivity contribution in [1.82, 2.24) is 30.1 Å². The molecule has 1 aromatic carbocycles. The third-order valence-corrected chi connectivity index (χ3v) is 2.90. The van der Waals surface area contributed by atoms with Crippen LogP contribution in [0, 0.1) is 11.3 Å². The quantitative estimate of drug-likeness (QED) is 0.617. The number of rotatable bonds is 6. The van der Waals surface area contributed by atoms with Gasteiger partial charge in [-0.2, -0.15) is 30.3 Å². The molecule has 0 atom stereocenters. The minimum absolute atomic E-state index is 0.115. The molecule has 0 radical (unpaired) electrons. The van der Waals surface area contributed by atoms with E-state index in [9.17, 15) is 0 Å². The standard InChI is InChI=1S/C14H13N9O/c1-16-11-19-13(20-12-17-8-18-23-12)22-14(21-11)24-10-4-2-9(3-5-10)6-7-15/h2-5,8H,6H2,1H3,(H3,16,17,18,19,20,21,22,23). The van der Waals surface area contributed by atoms with E-state index in [1.54, 1.807) is 19.2 Å². The van der Waals surface area contributed by atoms with Crippen LogP contribution in [0.25, 0.3) is 0 Å². The Balaban J connectivity index is 1.80. The summed E-state index contributed by atoms with van der Waals surface area (Å²) < 4.78 is 5.64. The predicted octanol–water partition coefficient (Wildman–Crippen LogP) is 1.63. The van der Waals surface area contributed by atoms with Crippen LogP contribution in [0.4, 0.5) is 17.8 Å². The smallest absolute Gasteiger partial charge is 0.328 e. The van der Waals surface area contributed by atoms with E-state index < -0.39 is 0 Å². The Labute approximate surface area is 137 Å². The third-order valence-electron chi connectivity index (χ3n) is 2.90. The van der Waals surface area contributed by atoms with Crippen LogP contribution < -0.4 is 15.4 Å². The number of aromatic amines is 1. The number of hydrogen-bond donors (Lipinski definition) is 3. The Kier molecular flexibility index (Phi) is 4.43. The zero-order chi connectivity index (χ0) is 16.8. The first kappa shape index (κ1) is 15.2. The van der Waals surface area contributed by atoms with Crippen molar-refractivity contribution in [3.63, 3.8) is 0 Å². The van der Waals surface area contributed by atoms with Gasteiger partial charge in [0.2, 0.25) is 17.8 Å². The molecular formula is C14H13N9O. The molecule has 3 N–H and O–H groups in total. The molecule has 120 valence electrons. The number of aromatic nitrogens is 6. The van der Waals surface area contributed by atoms with Gasteiger partial charge in [0.05, 0.1) is 12.5 Å². The van der Waals surface area contributed by atoms with Gasteiger partial charge in [0.1, 0.15) is 12.1 Å². The summed E-state index contributed by atoms with van der Waals surface area (Å²) in [6.45, 7) is 0. The maximum absolute atomic E-state index is 8.68. The molecule has 2 heterocycles. The van der Waals surface area contributed by atoms with Crippen molar-refractivity contribution in [3.05, 3.63) is 36.2 Å². The molecular weight excluding hydrogens is 310 g/mol. The van der Waals surface area contributed by atoms with E-state index in [1.807, 2.05) is 12.1 Å². The molecule has 0 saturated heterocycles. The number of H-pyrrole nitrogens is 1. The molecule has 3 rings (SSSR count). The van der Waals surface area contributed by atoms with Crippen molar-refractivity contribution in [2.45, 2.75) is 6.42 Å². The van der Waals surface area contributed by atoms with Crippen molar-refractivity contribution in [3.8, 4) is 17.8 Å². The lowest BCUT2D eigenvalue weighted by atomic mass is 10.2. The Hall–Kier alpha value is -3.74. The van der Waals surface area contributed by atoms with Gasteiger partial charge in [-0.05, 0) is 17.7 Å². The average molecular weight is 323 g/mol. The molecule has 0 saturated carbocycles. The molecule has 3 aromatic rings.